The molecule has 2 aromatic rings. The maximum Gasteiger partial charge on any atom is 0.224 e. The normalized spacial score (nSPS) is 14.8. The van der Waals surface area contributed by atoms with Gasteiger partial charge in [-0.3, -0.25) is 4.79 Å². The molecule has 0 bridgehead atoms. The molecule has 1 N–H and O–H groups in total. The molecule has 1 amide bonds. The summed E-state index contributed by atoms with van der Waals surface area (Å²) in [7, 11) is 1.68. The van der Waals surface area contributed by atoms with Crippen molar-refractivity contribution in [2.45, 2.75) is 25.7 Å². The van der Waals surface area contributed by atoms with Crippen molar-refractivity contribution in [1.82, 2.24) is 5.32 Å². The molecule has 0 aliphatic rings. The van der Waals surface area contributed by atoms with E-state index in [4.69, 9.17) is 23.2 Å². The zero-order valence-electron chi connectivity index (χ0n) is 13.5. The van der Waals surface area contributed by atoms with Gasteiger partial charge >= 0.3 is 0 Å². The molecule has 0 fully saturated rings. The van der Waals surface area contributed by atoms with Gasteiger partial charge in [-0.05, 0) is 47.2 Å². The molecule has 0 aliphatic carbocycles. The molecule has 0 spiro atoms. The van der Waals surface area contributed by atoms with Crippen LogP contribution in [0.1, 0.15) is 36.8 Å². The second kappa shape index (κ2) is 7.85. The summed E-state index contributed by atoms with van der Waals surface area (Å²) in [5.74, 6) is -0.00644. The van der Waals surface area contributed by atoms with Gasteiger partial charge in [0.15, 0.2) is 0 Å². The van der Waals surface area contributed by atoms with E-state index in [0.717, 1.165) is 11.1 Å². The van der Waals surface area contributed by atoms with Gasteiger partial charge in [0.2, 0.25) is 5.91 Å². The Labute approximate surface area is 147 Å². The lowest BCUT2D eigenvalue weighted by Crippen LogP contribution is -2.34. The fraction of sp³-hybridized carbons (Fsp3) is 0.316. The number of hydrogen-bond donors (Lipinski definition) is 1. The summed E-state index contributed by atoms with van der Waals surface area (Å²) in [6.07, 6.45) is 0. The van der Waals surface area contributed by atoms with Gasteiger partial charge in [-0.2, -0.15) is 0 Å². The van der Waals surface area contributed by atoms with Crippen molar-refractivity contribution < 1.29 is 4.79 Å². The van der Waals surface area contributed by atoms with E-state index in [2.05, 4.69) is 19.2 Å². The molecule has 122 valence electrons. The summed E-state index contributed by atoms with van der Waals surface area (Å²) in [5, 5.41) is 4.19. The smallest absolute Gasteiger partial charge is 0.224 e. The highest BCUT2D eigenvalue weighted by atomic mass is 35.5. The summed E-state index contributed by atoms with van der Waals surface area (Å²) in [6, 6.07) is 15.4. The first-order valence-electron chi connectivity index (χ1n) is 7.66. The van der Waals surface area contributed by atoms with Crippen LogP contribution in [0, 0.1) is 5.92 Å². The van der Waals surface area contributed by atoms with E-state index in [1.807, 2.05) is 48.5 Å². The van der Waals surface area contributed by atoms with Crippen LogP contribution in [-0.2, 0) is 4.79 Å². The van der Waals surface area contributed by atoms with Gasteiger partial charge in [0.1, 0.15) is 0 Å². The van der Waals surface area contributed by atoms with Crippen molar-refractivity contribution >= 4 is 29.1 Å². The Morgan fingerprint density at radius 1 is 0.826 bits per heavy atom. The van der Waals surface area contributed by atoms with Crippen molar-refractivity contribution in [3.8, 4) is 0 Å². The number of carbonyl (C=O) groups excluding carboxylic acids is 1. The second-order valence-corrected chi connectivity index (χ2v) is 6.69. The van der Waals surface area contributed by atoms with Gasteiger partial charge in [-0.1, -0.05) is 61.3 Å². The van der Waals surface area contributed by atoms with Crippen molar-refractivity contribution in [2.75, 3.05) is 7.05 Å². The number of amides is 1. The molecule has 2 nitrogen and oxygen atoms in total. The molecule has 0 aromatic heterocycles. The summed E-state index contributed by atoms with van der Waals surface area (Å²) in [6.45, 7) is 4.16. The molecule has 23 heavy (non-hydrogen) atoms. The SMILES string of the molecule is CNC(=O)C(C(C)c1ccc(Cl)cc1)C(C)c1ccc(Cl)cc1. The highest BCUT2D eigenvalue weighted by molar-refractivity contribution is 6.30. The van der Waals surface area contributed by atoms with E-state index >= 15 is 0 Å². The van der Waals surface area contributed by atoms with Gasteiger partial charge in [0.25, 0.3) is 0 Å². The van der Waals surface area contributed by atoms with Gasteiger partial charge in [0, 0.05) is 17.1 Å². The number of nitrogens with one attached hydrogen (secondary N) is 1. The molecule has 2 rings (SSSR count). The van der Waals surface area contributed by atoms with E-state index in [1.165, 1.54) is 0 Å². The Hall–Kier alpha value is -1.51. The number of rotatable bonds is 5. The third-order valence-corrected chi connectivity index (χ3v) is 4.92. The first-order valence-corrected chi connectivity index (χ1v) is 8.42. The molecular weight excluding hydrogens is 329 g/mol. The van der Waals surface area contributed by atoms with Crippen LogP contribution in [0.4, 0.5) is 0 Å². The van der Waals surface area contributed by atoms with Crippen LogP contribution >= 0.6 is 23.2 Å². The van der Waals surface area contributed by atoms with E-state index in [-0.39, 0.29) is 23.7 Å². The maximum atomic E-state index is 12.5. The highest BCUT2D eigenvalue weighted by Gasteiger charge is 2.31. The Morgan fingerprint density at radius 3 is 1.48 bits per heavy atom. The molecule has 0 aliphatic heterocycles. The number of benzene rings is 2. The lowest BCUT2D eigenvalue weighted by atomic mass is 9.76. The molecule has 0 saturated heterocycles. The van der Waals surface area contributed by atoms with E-state index in [0.29, 0.717) is 10.0 Å². The monoisotopic (exact) mass is 349 g/mol. The summed E-state index contributed by atoms with van der Waals surface area (Å²) < 4.78 is 0. The molecule has 2 aromatic carbocycles. The van der Waals surface area contributed by atoms with Gasteiger partial charge in [-0.15, -0.1) is 0 Å². The molecule has 2 unspecified atom stereocenters. The summed E-state index contributed by atoms with van der Waals surface area (Å²) >= 11 is 11.9. The van der Waals surface area contributed by atoms with Crippen molar-refractivity contribution in [3.63, 3.8) is 0 Å². The van der Waals surface area contributed by atoms with E-state index in [9.17, 15) is 4.79 Å². The lowest BCUT2D eigenvalue weighted by Gasteiger charge is -2.29. The van der Waals surface area contributed by atoms with Crippen LogP contribution in [0.3, 0.4) is 0 Å². The minimum atomic E-state index is -0.178. The van der Waals surface area contributed by atoms with Crippen LogP contribution in [0.5, 0.6) is 0 Å². The van der Waals surface area contributed by atoms with E-state index in [1.54, 1.807) is 7.05 Å². The van der Waals surface area contributed by atoms with Crippen LogP contribution < -0.4 is 5.32 Å². The highest BCUT2D eigenvalue weighted by Crippen LogP contribution is 2.36. The fourth-order valence-corrected chi connectivity index (χ4v) is 3.25. The standard InChI is InChI=1S/C19H21Cl2NO/c1-12(14-4-8-16(20)9-5-14)18(19(23)22-3)13(2)15-6-10-17(21)11-7-15/h4-13,18H,1-3H3,(H,22,23). The van der Waals surface area contributed by atoms with Crippen LogP contribution in [-0.4, -0.2) is 13.0 Å². The van der Waals surface area contributed by atoms with Gasteiger partial charge < -0.3 is 5.32 Å². The molecule has 2 atom stereocenters. The minimum absolute atomic E-state index is 0.0369. The lowest BCUT2D eigenvalue weighted by molar-refractivity contribution is -0.125. The molecular formula is C19H21Cl2NO. The van der Waals surface area contributed by atoms with Crippen LogP contribution in [0.2, 0.25) is 10.0 Å². The third-order valence-electron chi connectivity index (χ3n) is 4.42. The summed E-state index contributed by atoms with van der Waals surface area (Å²) in [4.78, 5) is 12.5. The molecule has 0 radical (unpaired) electrons. The zero-order chi connectivity index (χ0) is 17.0. The molecule has 4 heteroatoms. The molecule has 0 saturated carbocycles. The average molecular weight is 350 g/mol. The fourth-order valence-electron chi connectivity index (χ4n) is 3.00. The first kappa shape index (κ1) is 17.8. The Kier molecular flexibility index (Phi) is 6.09. The zero-order valence-corrected chi connectivity index (χ0v) is 15.0. The minimum Gasteiger partial charge on any atom is -0.359 e. The maximum absolute atomic E-state index is 12.5. The van der Waals surface area contributed by atoms with Crippen LogP contribution in [0.25, 0.3) is 0 Å². The Balaban J connectivity index is 2.34. The molecule has 0 heterocycles. The number of halogens is 2. The first-order chi connectivity index (χ1) is 10.9. The quantitative estimate of drug-likeness (QED) is 0.783. The Bertz CT molecular complexity index is 601. The Morgan fingerprint density at radius 2 is 1.17 bits per heavy atom. The number of carbonyl (C=O) groups is 1. The van der Waals surface area contributed by atoms with Crippen molar-refractivity contribution in [3.05, 3.63) is 69.7 Å². The number of hydrogen-bond acceptors (Lipinski definition) is 1. The predicted octanol–water partition coefficient (Wildman–Crippen LogP) is 5.26. The van der Waals surface area contributed by atoms with Crippen molar-refractivity contribution in [1.29, 1.82) is 0 Å². The van der Waals surface area contributed by atoms with Crippen molar-refractivity contribution in [2.24, 2.45) is 5.92 Å². The topological polar surface area (TPSA) is 29.1 Å². The van der Waals surface area contributed by atoms with E-state index < -0.39 is 0 Å². The summed E-state index contributed by atoms with van der Waals surface area (Å²) in [5.41, 5.74) is 2.20. The predicted molar refractivity (Wildman–Crippen MR) is 97.3 cm³/mol. The van der Waals surface area contributed by atoms with Gasteiger partial charge in [0.05, 0.1) is 5.92 Å². The average Bonchev–Trinajstić information content (AvgIpc) is 2.55. The van der Waals surface area contributed by atoms with Gasteiger partial charge in [-0.25, -0.2) is 0 Å². The third kappa shape index (κ3) is 4.27. The second-order valence-electron chi connectivity index (χ2n) is 5.82. The largest absolute Gasteiger partial charge is 0.359 e. The van der Waals surface area contributed by atoms with Crippen LogP contribution in [0.15, 0.2) is 48.5 Å².